The SMILES string of the molecule is Clc1nccnc1Cl.Nc1ccc(-c2ccccc2)cc1.c1ccc(-c2ccc(Nc3nccnc3Nc3ccc(-c4ccccc4)cc3)cc2)cc1. The van der Waals surface area contributed by atoms with Gasteiger partial charge in [0, 0.05) is 41.8 Å². The summed E-state index contributed by atoms with van der Waals surface area (Å²) < 4.78 is 0. The monoisotopic (exact) mass is 731 g/mol. The van der Waals surface area contributed by atoms with Gasteiger partial charge >= 0.3 is 0 Å². The number of nitrogens with one attached hydrogen (secondary N) is 2. The molecule has 0 unspecified atom stereocenters. The van der Waals surface area contributed by atoms with Crippen molar-refractivity contribution in [2.45, 2.75) is 0 Å². The van der Waals surface area contributed by atoms with E-state index in [1.165, 1.54) is 45.8 Å². The summed E-state index contributed by atoms with van der Waals surface area (Å²) in [7, 11) is 0. The van der Waals surface area contributed by atoms with E-state index >= 15 is 0 Å². The number of nitrogen functional groups attached to an aromatic ring is 1. The van der Waals surface area contributed by atoms with Gasteiger partial charge in [-0.15, -0.1) is 0 Å². The van der Waals surface area contributed by atoms with Gasteiger partial charge in [-0.2, -0.15) is 0 Å². The molecular weight excluding hydrogens is 697 g/mol. The second-order valence-electron chi connectivity index (χ2n) is 11.5. The summed E-state index contributed by atoms with van der Waals surface area (Å²) in [6.45, 7) is 0. The Morgan fingerprint density at radius 3 is 0.943 bits per heavy atom. The number of nitrogens with zero attached hydrogens (tertiary/aromatic N) is 4. The Morgan fingerprint density at radius 2 is 0.623 bits per heavy atom. The molecule has 8 aromatic rings. The number of benzene rings is 6. The first kappa shape index (κ1) is 36.3. The van der Waals surface area contributed by atoms with E-state index in [2.05, 4.69) is 115 Å². The number of rotatable bonds is 7. The number of anilines is 5. The third-order valence-corrected chi connectivity index (χ3v) is 8.49. The van der Waals surface area contributed by atoms with E-state index in [1.54, 1.807) is 12.4 Å². The van der Waals surface area contributed by atoms with E-state index in [4.69, 9.17) is 28.9 Å². The summed E-state index contributed by atoms with van der Waals surface area (Å²) in [6.07, 6.45) is 6.33. The Morgan fingerprint density at radius 1 is 0.340 bits per heavy atom. The van der Waals surface area contributed by atoms with Crippen LogP contribution in [0.1, 0.15) is 0 Å². The predicted molar refractivity (Wildman–Crippen MR) is 221 cm³/mol. The van der Waals surface area contributed by atoms with Gasteiger partial charge in [0.15, 0.2) is 21.9 Å². The molecular formula is C44H35Cl2N7. The molecule has 0 spiro atoms. The number of hydrogen-bond donors (Lipinski definition) is 3. The van der Waals surface area contributed by atoms with E-state index in [-0.39, 0.29) is 10.3 Å². The zero-order valence-electron chi connectivity index (χ0n) is 28.5. The van der Waals surface area contributed by atoms with Gasteiger partial charge < -0.3 is 16.4 Å². The van der Waals surface area contributed by atoms with E-state index in [1.807, 2.05) is 78.9 Å². The minimum atomic E-state index is 0.245. The van der Waals surface area contributed by atoms with Crippen LogP contribution in [0.5, 0.6) is 0 Å². The van der Waals surface area contributed by atoms with E-state index in [9.17, 15) is 0 Å². The Labute approximate surface area is 319 Å². The maximum absolute atomic E-state index is 5.60. The van der Waals surface area contributed by atoms with Crippen LogP contribution in [-0.4, -0.2) is 19.9 Å². The minimum Gasteiger partial charge on any atom is -0.399 e. The molecule has 0 amide bonds. The fourth-order valence-corrected chi connectivity index (χ4v) is 5.37. The van der Waals surface area contributed by atoms with Crippen LogP contribution in [0.2, 0.25) is 10.3 Å². The summed E-state index contributed by atoms with van der Waals surface area (Å²) in [6, 6.07) is 55.4. The minimum absolute atomic E-state index is 0.245. The van der Waals surface area contributed by atoms with Crippen LogP contribution in [0.3, 0.4) is 0 Å². The van der Waals surface area contributed by atoms with Gasteiger partial charge in [-0.25, -0.2) is 19.9 Å². The maximum atomic E-state index is 5.60. The van der Waals surface area contributed by atoms with Crippen molar-refractivity contribution in [3.8, 4) is 33.4 Å². The molecule has 7 nitrogen and oxygen atoms in total. The average molecular weight is 733 g/mol. The first-order valence-electron chi connectivity index (χ1n) is 16.7. The van der Waals surface area contributed by atoms with Crippen LogP contribution in [0.25, 0.3) is 33.4 Å². The van der Waals surface area contributed by atoms with Crippen LogP contribution >= 0.6 is 23.2 Å². The van der Waals surface area contributed by atoms with Crippen molar-refractivity contribution in [3.63, 3.8) is 0 Å². The van der Waals surface area contributed by atoms with Crippen molar-refractivity contribution >= 4 is 51.9 Å². The maximum Gasteiger partial charge on any atom is 0.173 e. The molecule has 4 N–H and O–H groups in total. The van der Waals surface area contributed by atoms with E-state index in [0.29, 0.717) is 11.6 Å². The lowest BCUT2D eigenvalue weighted by Gasteiger charge is -2.13. The number of nitrogens with two attached hydrogens (primary N) is 1. The molecule has 0 bridgehead atoms. The van der Waals surface area contributed by atoms with Crippen molar-refractivity contribution in [3.05, 3.63) is 199 Å². The van der Waals surface area contributed by atoms with Gasteiger partial charge in [0.2, 0.25) is 0 Å². The molecule has 0 aliphatic heterocycles. The summed E-state index contributed by atoms with van der Waals surface area (Å²) in [4.78, 5) is 16.3. The van der Waals surface area contributed by atoms with Crippen LogP contribution in [0.4, 0.5) is 28.7 Å². The largest absolute Gasteiger partial charge is 0.399 e. The van der Waals surface area contributed by atoms with Gasteiger partial charge in [0.05, 0.1) is 0 Å². The molecule has 6 aromatic carbocycles. The summed E-state index contributed by atoms with van der Waals surface area (Å²) >= 11 is 10.8. The van der Waals surface area contributed by atoms with Crippen molar-refractivity contribution in [2.24, 2.45) is 0 Å². The Bertz CT molecular complexity index is 2160. The van der Waals surface area contributed by atoms with Gasteiger partial charge in [0.25, 0.3) is 0 Å². The molecule has 9 heteroatoms. The van der Waals surface area contributed by atoms with Gasteiger partial charge in [-0.3, -0.25) is 0 Å². The molecule has 0 aliphatic carbocycles. The summed E-state index contributed by atoms with van der Waals surface area (Å²) in [5.74, 6) is 1.35. The fourth-order valence-electron chi connectivity index (χ4n) is 5.16. The van der Waals surface area contributed by atoms with Gasteiger partial charge in [-0.05, 0) is 69.8 Å². The molecule has 8 rings (SSSR count). The Hall–Kier alpha value is -6.54. The predicted octanol–water partition coefficient (Wildman–Crippen LogP) is 12.0. The lowest BCUT2D eigenvalue weighted by atomic mass is 10.1. The highest BCUT2D eigenvalue weighted by molar-refractivity contribution is 6.40. The first-order chi connectivity index (χ1) is 26.0. The Kier molecular flexibility index (Phi) is 12.7. The zero-order chi connectivity index (χ0) is 36.7. The van der Waals surface area contributed by atoms with Crippen molar-refractivity contribution in [1.82, 2.24) is 19.9 Å². The van der Waals surface area contributed by atoms with Crippen LogP contribution in [-0.2, 0) is 0 Å². The lowest BCUT2D eigenvalue weighted by Crippen LogP contribution is -2.01. The molecule has 0 saturated carbocycles. The van der Waals surface area contributed by atoms with Crippen molar-refractivity contribution in [2.75, 3.05) is 16.4 Å². The fraction of sp³-hybridized carbons (Fsp3) is 0. The highest BCUT2D eigenvalue weighted by Crippen LogP contribution is 2.28. The quantitative estimate of drug-likeness (QED) is 0.140. The molecule has 53 heavy (non-hydrogen) atoms. The summed E-state index contributed by atoms with van der Waals surface area (Å²) in [5, 5.41) is 7.23. The Balaban J connectivity index is 0.000000186. The number of halogens is 2. The van der Waals surface area contributed by atoms with Crippen molar-refractivity contribution < 1.29 is 0 Å². The highest BCUT2D eigenvalue weighted by atomic mass is 35.5. The molecule has 0 aliphatic rings. The standard InChI is InChI=1S/C28H22N4.C12H11N.C4H2Cl2N2/c1-3-7-21(8-4-1)23-11-15-25(16-12-23)31-27-28(30-20-19-29-27)32-26-17-13-24(14-18-26)22-9-5-2-6-10-22;13-12-8-6-11(7-9-12)10-4-2-1-3-5-10;5-3-4(6)8-2-1-7-3/h1-20H,(H,29,31)(H,30,32);1-9H,13H2;1-2H. The van der Waals surface area contributed by atoms with E-state index in [0.717, 1.165) is 17.1 Å². The van der Waals surface area contributed by atoms with E-state index < -0.39 is 0 Å². The zero-order valence-corrected chi connectivity index (χ0v) is 30.0. The molecule has 0 radical (unpaired) electrons. The third-order valence-electron chi connectivity index (χ3n) is 7.84. The van der Waals surface area contributed by atoms with Crippen LogP contribution in [0, 0.1) is 0 Å². The first-order valence-corrected chi connectivity index (χ1v) is 17.5. The van der Waals surface area contributed by atoms with Crippen molar-refractivity contribution in [1.29, 1.82) is 0 Å². The second kappa shape index (κ2) is 18.6. The van der Waals surface area contributed by atoms with Crippen LogP contribution < -0.4 is 16.4 Å². The second-order valence-corrected chi connectivity index (χ2v) is 12.2. The molecule has 260 valence electrons. The number of aromatic nitrogens is 4. The molecule has 0 saturated heterocycles. The highest BCUT2D eigenvalue weighted by Gasteiger charge is 2.07. The van der Waals surface area contributed by atoms with Crippen LogP contribution in [0.15, 0.2) is 189 Å². The average Bonchev–Trinajstić information content (AvgIpc) is 3.22. The molecule has 0 fully saturated rings. The van der Waals surface area contributed by atoms with Gasteiger partial charge in [-0.1, -0.05) is 151 Å². The number of hydrogen-bond acceptors (Lipinski definition) is 7. The normalized spacial score (nSPS) is 10.2. The van der Waals surface area contributed by atoms with Gasteiger partial charge in [0.1, 0.15) is 0 Å². The molecule has 0 atom stereocenters. The lowest BCUT2D eigenvalue weighted by molar-refractivity contribution is 1.19. The summed E-state index contributed by atoms with van der Waals surface area (Å²) in [5.41, 5.74) is 15.5. The smallest absolute Gasteiger partial charge is 0.173 e. The molecule has 2 aromatic heterocycles. The topological polar surface area (TPSA) is 102 Å². The third kappa shape index (κ3) is 10.7. The molecule has 2 heterocycles.